The van der Waals surface area contributed by atoms with Crippen LogP contribution in [-0.4, -0.2) is 24.8 Å². The van der Waals surface area contributed by atoms with Crippen molar-refractivity contribution in [3.05, 3.63) is 0 Å². The molecule has 2 amide bonds. The van der Waals surface area contributed by atoms with E-state index in [0.717, 1.165) is 0 Å². The molecule has 0 aromatic rings. The molecule has 1 unspecified atom stereocenters. The summed E-state index contributed by atoms with van der Waals surface area (Å²) in [6.07, 6.45) is -1.17. The van der Waals surface area contributed by atoms with Crippen molar-refractivity contribution in [3.63, 3.8) is 0 Å². The molecule has 11 heavy (non-hydrogen) atoms. The first-order chi connectivity index (χ1) is 5.07. The number of nitrogens with one attached hydrogen (secondary N) is 1. The fraction of sp³-hybridized carbons (Fsp3) is 0.600. The van der Waals surface area contributed by atoms with Crippen LogP contribution in [0.15, 0.2) is 0 Å². The number of hydrogen-bond donors (Lipinski definition) is 3. The predicted molar refractivity (Wildman–Crippen MR) is 37.3 cm³/mol. The molecule has 1 atom stereocenters. The maximum atomic E-state index is 10.7. The Hall–Kier alpha value is -1.30. The molecule has 6 nitrogen and oxygen atoms in total. The standard InChI is InChI=1S/C5H11N3O3/c1-2-11-4(9)3(6)8-5(7)10/h3H,2,6H2,1H3,(H3,7,8,10). The van der Waals surface area contributed by atoms with Gasteiger partial charge in [-0.2, -0.15) is 0 Å². The number of primary amides is 1. The van der Waals surface area contributed by atoms with Crippen LogP contribution in [0.5, 0.6) is 0 Å². The molecule has 0 fully saturated rings. The summed E-state index contributed by atoms with van der Waals surface area (Å²) in [6, 6.07) is -0.856. The van der Waals surface area contributed by atoms with E-state index >= 15 is 0 Å². The second-order valence-electron chi connectivity index (χ2n) is 1.74. The highest BCUT2D eigenvalue weighted by Crippen LogP contribution is 1.80. The third kappa shape index (κ3) is 4.15. The van der Waals surface area contributed by atoms with Crippen molar-refractivity contribution >= 4 is 12.0 Å². The Kier molecular flexibility index (Phi) is 3.97. The van der Waals surface area contributed by atoms with Gasteiger partial charge in [0, 0.05) is 0 Å². The molecule has 0 aliphatic carbocycles. The molecular weight excluding hydrogens is 150 g/mol. The smallest absolute Gasteiger partial charge is 0.343 e. The molecule has 0 aliphatic heterocycles. The highest BCUT2D eigenvalue weighted by atomic mass is 16.5. The molecule has 0 aliphatic rings. The molecule has 5 N–H and O–H groups in total. The van der Waals surface area contributed by atoms with Crippen LogP contribution < -0.4 is 16.8 Å². The van der Waals surface area contributed by atoms with Crippen LogP contribution in [0, 0.1) is 0 Å². The normalized spacial score (nSPS) is 11.8. The summed E-state index contributed by atoms with van der Waals surface area (Å²) >= 11 is 0. The summed E-state index contributed by atoms with van der Waals surface area (Å²) in [5.41, 5.74) is 9.81. The fourth-order valence-corrected chi connectivity index (χ4v) is 0.444. The van der Waals surface area contributed by atoms with Gasteiger partial charge in [0.15, 0.2) is 6.17 Å². The van der Waals surface area contributed by atoms with Crippen LogP contribution in [0.25, 0.3) is 0 Å². The first kappa shape index (κ1) is 9.70. The lowest BCUT2D eigenvalue weighted by Gasteiger charge is -2.09. The topological polar surface area (TPSA) is 107 Å². The summed E-state index contributed by atoms with van der Waals surface area (Å²) in [6.45, 7) is 1.85. The van der Waals surface area contributed by atoms with E-state index in [1.165, 1.54) is 0 Å². The predicted octanol–water partition coefficient (Wildman–Crippen LogP) is -1.50. The summed E-state index contributed by atoms with van der Waals surface area (Å²) < 4.78 is 4.47. The molecule has 0 aromatic heterocycles. The van der Waals surface area contributed by atoms with Crippen LogP contribution in [0.2, 0.25) is 0 Å². The van der Waals surface area contributed by atoms with Gasteiger partial charge in [0.2, 0.25) is 0 Å². The molecule has 0 saturated carbocycles. The van der Waals surface area contributed by atoms with Crippen molar-refractivity contribution in [2.24, 2.45) is 11.5 Å². The van der Waals surface area contributed by atoms with Gasteiger partial charge >= 0.3 is 12.0 Å². The second kappa shape index (κ2) is 4.51. The van der Waals surface area contributed by atoms with Crippen molar-refractivity contribution in [1.29, 1.82) is 0 Å². The monoisotopic (exact) mass is 161 g/mol. The zero-order valence-electron chi connectivity index (χ0n) is 6.16. The van der Waals surface area contributed by atoms with Gasteiger partial charge in [-0.25, -0.2) is 9.59 Å². The van der Waals surface area contributed by atoms with Crippen LogP contribution >= 0.6 is 0 Å². The van der Waals surface area contributed by atoms with E-state index in [1.54, 1.807) is 6.92 Å². The molecule has 64 valence electrons. The van der Waals surface area contributed by atoms with Crippen molar-refractivity contribution < 1.29 is 14.3 Å². The number of carbonyl (C=O) groups is 2. The van der Waals surface area contributed by atoms with Gasteiger partial charge in [-0.15, -0.1) is 0 Å². The molecule has 0 spiro atoms. The Morgan fingerprint density at radius 3 is 2.55 bits per heavy atom. The third-order valence-corrected chi connectivity index (χ3v) is 0.838. The number of esters is 1. The lowest BCUT2D eigenvalue weighted by atomic mass is 10.5. The largest absolute Gasteiger partial charge is 0.463 e. The van der Waals surface area contributed by atoms with Gasteiger partial charge in [0.1, 0.15) is 0 Å². The highest BCUT2D eigenvalue weighted by Gasteiger charge is 2.14. The lowest BCUT2D eigenvalue weighted by Crippen LogP contribution is -2.50. The minimum atomic E-state index is -1.17. The SMILES string of the molecule is CCOC(=O)C(N)NC(N)=O. The molecule has 0 aromatic carbocycles. The number of rotatable bonds is 3. The lowest BCUT2D eigenvalue weighted by molar-refractivity contribution is -0.145. The van der Waals surface area contributed by atoms with E-state index in [2.05, 4.69) is 10.5 Å². The third-order valence-electron chi connectivity index (χ3n) is 0.838. The quantitative estimate of drug-likeness (QED) is 0.346. The number of nitrogens with two attached hydrogens (primary N) is 2. The minimum Gasteiger partial charge on any atom is -0.463 e. The number of amides is 2. The van der Waals surface area contributed by atoms with Crippen molar-refractivity contribution in [2.45, 2.75) is 13.1 Å². The van der Waals surface area contributed by atoms with Gasteiger partial charge in [-0.3, -0.25) is 0 Å². The average molecular weight is 161 g/mol. The molecular formula is C5H11N3O3. The molecule has 0 radical (unpaired) electrons. The van der Waals surface area contributed by atoms with E-state index < -0.39 is 18.2 Å². The molecule has 6 heteroatoms. The van der Waals surface area contributed by atoms with E-state index in [-0.39, 0.29) is 6.61 Å². The molecule has 0 saturated heterocycles. The van der Waals surface area contributed by atoms with Gasteiger partial charge in [-0.1, -0.05) is 0 Å². The Bertz CT molecular complexity index is 159. The summed E-state index contributed by atoms with van der Waals surface area (Å²) in [5.74, 6) is -0.702. The highest BCUT2D eigenvalue weighted by molar-refractivity contribution is 5.82. The molecule has 0 heterocycles. The van der Waals surface area contributed by atoms with Crippen LogP contribution in [-0.2, 0) is 9.53 Å². The molecule has 0 rings (SSSR count). The number of hydrogen-bond acceptors (Lipinski definition) is 4. The van der Waals surface area contributed by atoms with Gasteiger partial charge in [-0.05, 0) is 6.92 Å². The van der Waals surface area contributed by atoms with Crippen molar-refractivity contribution in [3.8, 4) is 0 Å². The summed E-state index contributed by atoms with van der Waals surface area (Å²) in [4.78, 5) is 20.8. The van der Waals surface area contributed by atoms with Crippen molar-refractivity contribution in [2.75, 3.05) is 6.61 Å². The number of ether oxygens (including phenoxy) is 1. The van der Waals surface area contributed by atoms with E-state index in [9.17, 15) is 9.59 Å². The molecule has 0 bridgehead atoms. The Morgan fingerprint density at radius 1 is 1.64 bits per heavy atom. The van der Waals surface area contributed by atoms with Crippen LogP contribution in [0.4, 0.5) is 4.79 Å². The number of carbonyl (C=O) groups excluding carboxylic acids is 2. The van der Waals surface area contributed by atoms with Gasteiger partial charge in [0.05, 0.1) is 6.61 Å². The van der Waals surface area contributed by atoms with Crippen molar-refractivity contribution in [1.82, 2.24) is 5.32 Å². The first-order valence-electron chi connectivity index (χ1n) is 3.06. The Balaban J connectivity index is 3.73. The summed E-state index contributed by atoms with van der Waals surface area (Å²) in [7, 11) is 0. The van der Waals surface area contributed by atoms with Crippen LogP contribution in [0.1, 0.15) is 6.92 Å². The van der Waals surface area contributed by atoms with E-state index in [0.29, 0.717) is 0 Å². The average Bonchev–Trinajstić information content (AvgIpc) is 1.86. The maximum Gasteiger partial charge on any atom is 0.343 e. The zero-order chi connectivity index (χ0) is 8.85. The van der Waals surface area contributed by atoms with E-state index in [4.69, 9.17) is 5.73 Å². The maximum absolute atomic E-state index is 10.7. The fourth-order valence-electron chi connectivity index (χ4n) is 0.444. The van der Waals surface area contributed by atoms with E-state index in [1.807, 2.05) is 5.32 Å². The van der Waals surface area contributed by atoms with Crippen LogP contribution in [0.3, 0.4) is 0 Å². The Labute approximate surface area is 63.9 Å². The first-order valence-corrected chi connectivity index (χ1v) is 3.06. The number of urea groups is 1. The van der Waals surface area contributed by atoms with Gasteiger partial charge in [0.25, 0.3) is 0 Å². The Morgan fingerprint density at radius 2 is 2.18 bits per heavy atom. The second-order valence-corrected chi connectivity index (χ2v) is 1.74. The minimum absolute atomic E-state index is 0.215. The zero-order valence-corrected chi connectivity index (χ0v) is 6.16. The summed E-state index contributed by atoms with van der Waals surface area (Å²) in [5, 5.41) is 1.97. The van der Waals surface area contributed by atoms with Gasteiger partial charge < -0.3 is 21.5 Å².